The van der Waals surface area contributed by atoms with Crippen LogP contribution in [-0.4, -0.2) is 0 Å². The Hall–Kier alpha value is -1.34. The molecule has 2 heteroatoms. The largest absolute Gasteiger partial charge is 0.207 e. The molecule has 0 unspecified atom stereocenters. The summed E-state index contributed by atoms with van der Waals surface area (Å²) in [5.74, 6) is -0.132. The number of hydrogen-bond donors (Lipinski definition) is 0. The van der Waals surface area contributed by atoms with E-state index >= 15 is 0 Å². The van der Waals surface area contributed by atoms with E-state index in [2.05, 4.69) is 13.0 Å². The smallest absolute Gasteiger partial charge is 0.126 e. The molecular weight excluding hydrogens is 235 g/mol. The summed E-state index contributed by atoms with van der Waals surface area (Å²) in [5.41, 5.74) is 3.13. The fourth-order valence-electron chi connectivity index (χ4n) is 1.27. The topological polar surface area (TPSA) is 0 Å². The lowest BCUT2D eigenvalue weighted by molar-refractivity contribution is 0.618. The number of benzene rings is 2. The fraction of sp³-hybridized carbons (Fsp3) is 0.200. The molecule has 0 fully saturated rings. The van der Waals surface area contributed by atoms with Gasteiger partial charge in [0.2, 0.25) is 0 Å². The van der Waals surface area contributed by atoms with E-state index in [-0.39, 0.29) is 5.82 Å². The lowest BCUT2D eigenvalue weighted by Gasteiger charge is -1.98. The Balaban J connectivity index is 0.000000171. The first-order chi connectivity index (χ1) is 8.02. The van der Waals surface area contributed by atoms with Crippen molar-refractivity contribution in [3.8, 4) is 0 Å². The molecule has 0 aromatic heterocycles. The zero-order chi connectivity index (χ0) is 12.8. The predicted octanol–water partition coefficient (Wildman–Crippen LogP) is 5.09. The van der Waals surface area contributed by atoms with E-state index in [1.165, 1.54) is 17.2 Å². The number of rotatable bonds is 0. The minimum Gasteiger partial charge on any atom is -0.207 e. The van der Waals surface area contributed by atoms with Gasteiger partial charge in [-0.05, 0) is 49.6 Å². The molecule has 0 aliphatic heterocycles. The van der Waals surface area contributed by atoms with Gasteiger partial charge < -0.3 is 0 Å². The second-order valence-electron chi connectivity index (χ2n) is 3.93. The van der Waals surface area contributed by atoms with Gasteiger partial charge in [-0.3, -0.25) is 0 Å². The summed E-state index contributed by atoms with van der Waals surface area (Å²) < 4.78 is 12.3. The van der Waals surface area contributed by atoms with Crippen LogP contribution in [0.5, 0.6) is 0 Å². The Morgan fingerprint density at radius 2 is 1.41 bits per heavy atom. The summed E-state index contributed by atoms with van der Waals surface area (Å²) in [7, 11) is 0. The van der Waals surface area contributed by atoms with Crippen LogP contribution in [0.1, 0.15) is 16.7 Å². The molecule has 17 heavy (non-hydrogen) atoms. The minimum atomic E-state index is -0.132. The van der Waals surface area contributed by atoms with Crippen molar-refractivity contribution in [1.82, 2.24) is 0 Å². The highest BCUT2D eigenvalue weighted by atomic mass is 35.5. The van der Waals surface area contributed by atoms with Crippen LogP contribution < -0.4 is 0 Å². The van der Waals surface area contributed by atoms with Gasteiger partial charge in [-0.15, -0.1) is 0 Å². The molecule has 0 saturated carbocycles. The average molecular weight is 251 g/mol. The molecule has 2 rings (SSSR count). The van der Waals surface area contributed by atoms with Crippen LogP contribution in [0.15, 0.2) is 42.5 Å². The van der Waals surface area contributed by atoms with Gasteiger partial charge in [0, 0.05) is 5.02 Å². The third-order valence-electron chi connectivity index (χ3n) is 2.62. The normalized spacial score (nSPS) is 9.47. The van der Waals surface area contributed by atoms with Crippen molar-refractivity contribution in [2.75, 3.05) is 0 Å². The van der Waals surface area contributed by atoms with E-state index in [1.54, 1.807) is 19.1 Å². The zero-order valence-electron chi connectivity index (χ0n) is 10.3. The third kappa shape index (κ3) is 4.20. The Bertz CT molecular complexity index is 451. The molecule has 0 aliphatic rings. The standard InChI is InChI=1S/C8H9Cl.C7H7F/c1-6-4-3-5-8(9)7(6)2;1-6-4-2-3-5-7(6)8/h3-5H,1-2H3;2-5H,1H3. The van der Waals surface area contributed by atoms with Gasteiger partial charge in [-0.1, -0.05) is 41.9 Å². The number of hydrogen-bond acceptors (Lipinski definition) is 0. The van der Waals surface area contributed by atoms with Gasteiger partial charge in [0.1, 0.15) is 5.82 Å². The van der Waals surface area contributed by atoms with Crippen LogP contribution in [0.3, 0.4) is 0 Å². The molecule has 0 aliphatic carbocycles. The quantitative estimate of drug-likeness (QED) is 0.611. The summed E-state index contributed by atoms with van der Waals surface area (Å²) in [4.78, 5) is 0. The average Bonchev–Trinajstić information content (AvgIpc) is 2.31. The van der Waals surface area contributed by atoms with E-state index in [4.69, 9.17) is 11.6 Å². The molecule has 90 valence electrons. The van der Waals surface area contributed by atoms with E-state index in [9.17, 15) is 4.39 Å². The van der Waals surface area contributed by atoms with Gasteiger partial charge in [0.05, 0.1) is 0 Å². The van der Waals surface area contributed by atoms with Gasteiger partial charge >= 0.3 is 0 Å². The van der Waals surface area contributed by atoms with Gasteiger partial charge in [-0.2, -0.15) is 0 Å². The summed E-state index contributed by atoms with van der Waals surface area (Å²) in [6.45, 7) is 5.83. The highest BCUT2D eigenvalue weighted by molar-refractivity contribution is 6.31. The molecule has 0 radical (unpaired) electrons. The highest BCUT2D eigenvalue weighted by Crippen LogP contribution is 2.16. The molecule has 0 atom stereocenters. The Kier molecular flexibility index (Phi) is 5.17. The molecule has 0 N–H and O–H groups in total. The van der Waals surface area contributed by atoms with Crippen molar-refractivity contribution in [2.24, 2.45) is 0 Å². The van der Waals surface area contributed by atoms with Gasteiger partial charge in [0.25, 0.3) is 0 Å². The van der Waals surface area contributed by atoms with Crippen LogP contribution in [0, 0.1) is 26.6 Å². The Morgan fingerprint density at radius 3 is 1.82 bits per heavy atom. The first-order valence-corrected chi connectivity index (χ1v) is 5.83. The van der Waals surface area contributed by atoms with E-state index in [0.29, 0.717) is 5.56 Å². The minimum absolute atomic E-state index is 0.132. The lowest BCUT2D eigenvalue weighted by Crippen LogP contribution is -1.78. The molecule has 2 aromatic carbocycles. The molecule has 0 nitrogen and oxygen atoms in total. The molecular formula is C15H16ClF. The van der Waals surface area contributed by atoms with Gasteiger partial charge in [-0.25, -0.2) is 4.39 Å². The summed E-state index contributed by atoms with van der Waals surface area (Å²) in [6.07, 6.45) is 0. The number of halogens is 2. The van der Waals surface area contributed by atoms with E-state index in [0.717, 1.165) is 5.02 Å². The van der Waals surface area contributed by atoms with Crippen molar-refractivity contribution >= 4 is 11.6 Å². The monoisotopic (exact) mass is 250 g/mol. The van der Waals surface area contributed by atoms with E-state index in [1.807, 2.05) is 25.1 Å². The summed E-state index contributed by atoms with van der Waals surface area (Å²) in [6, 6.07) is 12.6. The molecule has 0 heterocycles. The van der Waals surface area contributed by atoms with Crippen molar-refractivity contribution < 1.29 is 4.39 Å². The van der Waals surface area contributed by atoms with Crippen LogP contribution >= 0.6 is 11.6 Å². The second kappa shape index (κ2) is 6.41. The van der Waals surface area contributed by atoms with Crippen LogP contribution in [-0.2, 0) is 0 Å². The first-order valence-electron chi connectivity index (χ1n) is 5.45. The summed E-state index contributed by atoms with van der Waals surface area (Å²) in [5, 5.41) is 0.856. The van der Waals surface area contributed by atoms with Crippen molar-refractivity contribution in [1.29, 1.82) is 0 Å². The first kappa shape index (κ1) is 13.7. The maximum Gasteiger partial charge on any atom is 0.126 e. The molecule has 0 amide bonds. The van der Waals surface area contributed by atoms with Crippen molar-refractivity contribution in [3.63, 3.8) is 0 Å². The highest BCUT2D eigenvalue weighted by Gasteiger charge is 1.94. The van der Waals surface area contributed by atoms with Gasteiger partial charge in [0.15, 0.2) is 0 Å². The zero-order valence-corrected chi connectivity index (χ0v) is 11.1. The SMILES string of the molecule is Cc1cccc(Cl)c1C.Cc1ccccc1F. The Morgan fingerprint density at radius 1 is 0.824 bits per heavy atom. The maximum atomic E-state index is 12.3. The summed E-state index contributed by atoms with van der Waals surface area (Å²) >= 11 is 5.81. The van der Waals surface area contributed by atoms with Crippen molar-refractivity contribution in [3.05, 3.63) is 70.0 Å². The maximum absolute atomic E-state index is 12.3. The Labute approximate surface area is 107 Å². The van der Waals surface area contributed by atoms with Crippen molar-refractivity contribution in [2.45, 2.75) is 20.8 Å². The van der Waals surface area contributed by atoms with Crippen LogP contribution in [0.25, 0.3) is 0 Å². The van der Waals surface area contributed by atoms with Crippen LogP contribution in [0.4, 0.5) is 4.39 Å². The third-order valence-corrected chi connectivity index (χ3v) is 3.02. The molecule has 2 aromatic rings. The molecule has 0 saturated heterocycles. The lowest BCUT2D eigenvalue weighted by atomic mass is 10.1. The predicted molar refractivity (Wildman–Crippen MR) is 72.1 cm³/mol. The van der Waals surface area contributed by atoms with E-state index < -0.39 is 0 Å². The molecule has 0 bridgehead atoms. The van der Waals surface area contributed by atoms with Crippen LogP contribution in [0.2, 0.25) is 5.02 Å². The molecule has 0 spiro atoms. The second-order valence-corrected chi connectivity index (χ2v) is 4.34. The fourth-order valence-corrected chi connectivity index (χ4v) is 1.49. The number of aryl methyl sites for hydroxylation is 2.